The summed E-state index contributed by atoms with van der Waals surface area (Å²) in [6, 6.07) is 10.6. The Kier molecular flexibility index (Phi) is 10.5. The summed E-state index contributed by atoms with van der Waals surface area (Å²) < 4.78 is 37.7. The molecule has 0 atom stereocenters. The van der Waals surface area contributed by atoms with Crippen LogP contribution < -0.4 is 16.0 Å². The number of hydrogen-bond acceptors (Lipinski definition) is 6. The van der Waals surface area contributed by atoms with Crippen LogP contribution in [-0.2, 0) is 6.18 Å². The van der Waals surface area contributed by atoms with Gasteiger partial charge >= 0.3 is 6.18 Å². The van der Waals surface area contributed by atoms with E-state index in [2.05, 4.69) is 20.2 Å². The van der Waals surface area contributed by atoms with Gasteiger partial charge in [-0.3, -0.25) is 4.79 Å². The molecule has 1 aliphatic rings. The second-order valence-corrected chi connectivity index (χ2v) is 7.60. The first kappa shape index (κ1) is 27.6. The Hall–Kier alpha value is -3.62. The molecule has 2 aromatic carbocycles. The van der Waals surface area contributed by atoms with Crippen molar-refractivity contribution in [2.45, 2.75) is 39.3 Å². The van der Waals surface area contributed by atoms with Crippen molar-refractivity contribution in [3.63, 3.8) is 0 Å². The molecule has 3 N–H and O–H groups in total. The fourth-order valence-corrected chi connectivity index (χ4v) is 3.45. The number of piperidine rings is 1. The minimum atomic E-state index is -4.36. The van der Waals surface area contributed by atoms with Gasteiger partial charge in [0, 0.05) is 42.6 Å². The van der Waals surface area contributed by atoms with Gasteiger partial charge in [-0.2, -0.15) is 13.2 Å². The smallest absolute Gasteiger partial charge is 0.398 e. The molecule has 4 rings (SSSR count). The predicted molar refractivity (Wildman–Crippen MR) is 136 cm³/mol. The number of rotatable bonds is 4. The van der Waals surface area contributed by atoms with Gasteiger partial charge in [-0.25, -0.2) is 9.97 Å². The van der Waals surface area contributed by atoms with Crippen LogP contribution >= 0.6 is 0 Å². The number of carbonyl (C=O) groups excluding carboxylic acids is 1. The van der Waals surface area contributed by atoms with Crippen LogP contribution in [0.15, 0.2) is 54.9 Å². The number of benzene rings is 2. The Bertz CT molecular complexity index is 1070. The van der Waals surface area contributed by atoms with Crippen molar-refractivity contribution in [2.24, 2.45) is 0 Å². The summed E-state index contributed by atoms with van der Waals surface area (Å²) in [7, 11) is 1.71. The number of nitrogens with one attached hydrogen (secondary N) is 1. The van der Waals surface area contributed by atoms with Crippen molar-refractivity contribution in [1.82, 2.24) is 9.97 Å². The molecule has 9 heteroatoms. The average Bonchev–Trinajstić information content (AvgIpc) is 2.90. The number of alkyl halides is 3. The lowest BCUT2D eigenvalue weighted by Gasteiger charge is -2.29. The van der Waals surface area contributed by atoms with Gasteiger partial charge in [0.2, 0.25) is 0 Å². The zero-order valence-electron chi connectivity index (χ0n) is 20.3. The van der Waals surface area contributed by atoms with Crippen LogP contribution in [0.3, 0.4) is 0 Å². The normalized spacial score (nSPS) is 13.0. The average molecular weight is 488 g/mol. The third-order valence-electron chi connectivity index (χ3n) is 5.31. The largest absolute Gasteiger partial charge is 0.416 e. The van der Waals surface area contributed by atoms with E-state index in [4.69, 9.17) is 5.73 Å². The molecular formula is C26H32F3N5O. The SMILES string of the molecule is CC.CNc1cnc(-c2cccc(C(F)(F)F)c2)nc1.Nc1ccc(N2CCCCC2)cc1C=O. The van der Waals surface area contributed by atoms with Gasteiger partial charge < -0.3 is 16.0 Å². The lowest BCUT2D eigenvalue weighted by atomic mass is 10.1. The lowest BCUT2D eigenvalue weighted by Crippen LogP contribution is -2.29. The maximum Gasteiger partial charge on any atom is 0.416 e. The molecule has 1 aromatic heterocycles. The quantitative estimate of drug-likeness (QED) is 0.332. The van der Waals surface area contributed by atoms with Gasteiger partial charge in [0.15, 0.2) is 12.1 Å². The molecule has 0 radical (unpaired) electrons. The third kappa shape index (κ3) is 7.98. The van der Waals surface area contributed by atoms with Gasteiger partial charge in [-0.05, 0) is 49.6 Å². The number of aldehydes is 1. The highest BCUT2D eigenvalue weighted by Gasteiger charge is 2.30. The minimum absolute atomic E-state index is 0.264. The van der Waals surface area contributed by atoms with E-state index >= 15 is 0 Å². The number of nitrogens with two attached hydrogens (primary N) is 1. The third-order valence-corrected chi connectivity index (χ3v) is 5.31. The molecule has 0 unspecified atom stereocenters. The van der Waals surface area contributed by atoms with Crippen molar-refractivity contribution in [1.29, 1.82) is 0 Å². The second kappa shape index (κ2) is 13.3. The number of halogens is 3. The van der Waals surface area contributed by atoms with Crippen molar-refractivity contribution in [3.05, 3.63) is 66.0 Å². The zero-order chi connectivity index (χ0) is 25.8. The van der Waals surface area contributed by atoms with Crippen LogP contribution in [0.5, 0.6) is 0 Å². The summed E-state index contributed by atoms with van der Waals surface area (Å²) in [5.41, 5.74) is 8.29. The molecule has 0 bridgehead atoms. The maximum absolute atomic E-state index is 12.6. The number of nitrogens with zero attached hydrogens (tertiary/aromatic N) is 3. The Morgan fingerprint density at radius 1 is 1.00 bits per heavy atom. The summed E-state index contributed by atoms with van der Waals surface area (Å²) >= 11 is 0. The fourth-order valence-electron chi connectivity index (χ4n) is 3.45. The van der Waals surface area contributed by atoms with Crippen molar-refractivity contribution < 1.29 is 18.0 Å². The van der Waals surface area contributed by atoms with E-state index in [1.54, 1.807) is 13.1 Å². The monoisotopic (exact) mass is 487 g/mol. The number of anilines is 3. The van der Waals surface area contributed by atoms with Crippen molar-refractivity contribution in [3.8, 4) is 11.4 Å². The maximum atomic E-state index is 12.6. The minimum Gasteiger partial charge on any atom is -0.398 e. The predicted octanol–water partition coefficient (Wildman–Crippen LogP) is 6.30. The summed E-state index contributed by atoms with van der Waals surface area (Å²) in [6.45, 7) is 6.17. The first-order valence-electron chi connectivity index (χ1n) is 11.6. The number of carbonyl (C=O) groups is 1. The van der Waals surface area contributed by atoms with Gasteiger partial charge in [-0.15, -0.1) is 0 Å². The Morgan fingerprint density at radius 3 is 2.23 bits per heavy atom. The summed E-state index contributed by atoms with van der Waals surface area (Å²) in [6.07, 6.45) is 3.28. The van der Waals surface area contributed by atoms with Crippen LogP contribution in [0.1, 0.15) is 49.0 Å². The number of aromatic nitrogens is 2. The number of nitrogen functional groups attached to an aromatic ring is 1. The van der Waals surface area contributed by atoms with Gasteiger partial charge in [0.25, 0.3) is 0 Å². The van der Waals surface area contributed by atoms with E-state index in [-0.39, 0.29) is 5.82 Å². The first-order chi connectivity index (χ1) is 16.8. The molecular weight excluding hydrogens is 455 g/mol. The molecule has 35 heavy (non-hydrogen) atoms. The summed E-state index contributed by atoms with van der Waals surface area (Å²) in [4.78, 5) is 21.1. The zero-order valence-corrected chi connectivity index (χ0v) is 20.3. The molecule has 188 valence electrons. The van der Waals surface area contributed by atoms with Crippen molar-refractivity contribution in [2.75, 3.05) is 36.1 Å². The molecule has 0 saturated carbocycles. The fraction of sp³-hybridized carbons (Fsp3) is 0.346. The van der Waals surface area contributed by atoms with Gasteiger partial charge in [0.1, 0.15) is 0 Å². The molecule has 0 amide bonds. The van der Waals surface area contributed by atoms with E-state index in [1.807, 2.05) is 32.0 Å². The molecule has 6 nitrogen and oxygen atoms in total. The topological polar surface area (TPSA) is 84.1 Å². The molecule has 3 aromatic rings. The van der Waals surface area contributed by atoms with E-state index in [9.17, 15) is 18.0 Å². The van der Waals surface area contributed by atoms with Gasteiger partial charge in [-0.1, -0.05) is 26.0 Å². The molecule has 0 aliphatic carbocycles. The van der Waals surface area contributed by atoms with E-state index in [1.165, 1.54) is 37.7 Å². The van der Waals surface area contributed by atoms with Crippen LogP contribution in [0.25, 0.3) is 11.4 Å². The van der Waals surface area contributed by atoms with Crippen LogP contribution in [0.4, 0.5) is 30.2 Å². The Balaban J connectivity index is 0.000000234. The summed E-state index contributed by atoms with van der Waals surface area (Å²) in [5.74, 6) is 0.264. The van der Waals surface area contributed by atoms with E-state index in [0.29, 0.717) is 22.5 Å². The van der Waals surface area contributed by atoms with E-state index < -0.39 is 11.7 Å². The number of hydrogen-bond donors (Lipinski definition) is 2. The standard InChI is InChI=1S/C12H10F3N3.C12H16N2O.C2H6/c1-16-10-6-17-11(18-7-10)8-3-2-4-9(5-8)12(13,14)15;13-12-5-4-11(8-10(12)9-15)14-6-2-1-3-7-14;1-2/h2-7,16H,1H3;4-5,8-9H,1-3,6-7,13H2;1-2H3. The molecule has 2 heterocycles. The summed E-state index contributed by atoms with van der Waals surface area (Å²) in [5, 5.41) is 2.84. The highest BCUT2D eigenvalue weighted by molar-refractivity contribution is 5.85. The molecule has 0 spiro atoms. The highest BCUT2D eigenvalue weighted by atomic mass is 19.4. The first-order valence-corrected chi connectivity index (χ1v) is 11.6. The lowest BCUT2D eigenvalue weighted by molar-refractivity contribution is -0.137. The molecule has 1 fully saturated rings. The highest BCUT2D eigenvalue weighted by Crippen LogP contribution is 2.31. The van der Waals surface area contributed by atoms with Crippen molar-refractivity contribution >= 4 is 23.3 Å². The van der Waals surface area contributed by atoms with Crippen LogP contribution in [-0.4, -0.2) is 36.4 Å². The second-order valence-electron chi connectivity index (χ2n) is 7.60. The molecule has 1 aliphatic heterocycles. The molecule has 1 saturated heterocycles. The van der Waals surface area contributed by atoms with E-state index in [0.717, 1.165) is 37.2 Å². The Morgan fingerprint density at radius 2 is 1.66 bits per heavy atom. The van der Waals surface area contributed by atoms with Crippen LogP contribution in [0.2, 0.25) is 0 Å². The van der Waals surface area contributed by atoms with Gasteiger partial charge in [0.05, 0.1) is 23.6 Å². The Labute approximate surface area is 204 Å². The van der Waals surface area contributed by atoms with Crippen LogP contribution in [0, 0.1) is 0 Å².